The molecule has 20 heavy (non-hydrogen) atoms. The van der Waals surface area contributed by atoms with Crippen LogP contribution in [0.25, 0.3) is 0 Å². The van der Waals surface area contributed by atoms with Crippen molar-refractivity contribution in [2.24, 2.45) is 5.73 Å². The van der Waals surface area contributed by atoms with Gasteiger partial charge in [-0.05, 0) is 46.3 Å². The molecule has 0 saturated heterocycles. The van der Waals surface area contributed by atoms with Crippen LogP contribution >= 0.6 is 39.7 Å². The Morgan fingerprint density at radius 3 is 2.60 bits per heavy atom. The summed E-state index contributed by atoms with van der Waals surface area (Å²) in [5.74, 6) is 0.756. The Labute approximate surface area is 136 Å². The summed E-state index contributed by atoms with van der Waals surface area (Å²) < 4.78 is 6.11. The monoisotopic (exact) mass is 370 g/mol. The molecule has 0 saturated carbocycles. The minimum atomic E-state index is 0.320. The van der Waals surface area contributed by atoms with Gasteiger partial charge in [-0.2, -0.15) is 0 Å². The van der Waals surface area contributed by atoms with Crippen molar-refractivity contribution < 1.29 is 4.74 Å². The fraction of sp³-hybridized carbons (Fsp3) is 0.0714. The van der Waals surface area contributed by atoms with Crippen LogP contribution in [0.5, 0.6) is 5.75 Å². The predicted octanol–water partition coefficient (Wildman–Crippen LogP) is 4.49. The minimum absolute atomic E-state index is 0.320. The second kappa shape index (κ2) is 6.43. The molecule has 0 aliphatic rings. The molecular formula is C14H12BrClN2OS. The molecule has 0 spiro atoms. The van der Waals surface area contributed by atoms with Gasteiger partial charge in [0.15, 0.2) is 0 Å². The molecule has 0 unspecified atom stereocenters. The molecule has 0 aliphatic heterocycles. The maximum atomic E-state index is 6.23. The molecule has 0 aliphatic carbocycles. The number of nitrogens with two attached hydrogens (primary N) is 1. The molecule has 3 N–H and O–H groups in total. The molecule has 0 heterocycles. The smallest absolute Gasteiger partial charge is 0.121 e. The normalized spacial score (nSPS) is 10.2. The zero-order chi connectivity index (χ0) is 14.7. The summed E-state index contributed by atoms with van der Waals surface area (Å²) >= 11 is 14.6. The van der Waals surface area contributed by atoms with Gasteiger partial charge in [0, 0.05) is 16.1 Å². The standard InChI is InChI=1S/C14H12BrClN2OS/c1-19-9-3-4-10(15)13(7-9)18-12-5-2-8(14(17)20)6-11(12)16/h2-7,18H,1H3,(H2,17,20). The molecule has 6 heteroatoms. The highest BCUT2D eigenvalue weighted by atomic mass is 79.9. The van der Waals surface area contributed by atoms with Crippen molar-refractivity contribution >= 4 is 56.1 Å². The maximum Gasteiger partial charge on any atom is 0.121 e. The molecule has 2 aromatic carbocycles. The fourth-order valence-electron chi connectivity index (χ4n) is 1.64. The molecule has 0 radical (unpaired) electrons. The van der Waals surface area contributed by atoms with Crippen LogP contribution in [0.1, 0.15) is 5.56 Å². The van der Waals surface area contributed by atoms with Crippen LogP contribution in [0.3, 0.4) is 0 Å². The van der Waals surface area contributed by atoms with Crippen molar-refractivity contribution in [2.75, 3.05) is 12.4 Å². The summed E-state index contributed by atoms with van der Waals surface area (Å²) in [6.07, 6.45) is 0. The fourth-order valence-corrected chi connectivity index (χ4v) is 2.34. The number of hydrogen-bond acceptors (Lipinski definition) is 3. The van der Waals surface area contributed by atoms with Gasteiger partial charge in [0.2, 0.25) is 0 Å². The average molecular weight is 372 g/mol. The number of ether oxygens (including phenoxy) is 1. The Bertz CT molecular complexity index is 664. The molecule has 0 fully saturated rings. The SMILES string of the molecule is COc1ccc(Br)c(Nc2ccc(C(N)=S)cc2Cl)c1. The summed E-state index contributed by atoms with van der Waals surface area (Å²) in [7, 11) is 1.62. The zero-order valence-corrected chi connectivity index (χ0v) is 13.8. The summed E-state index contributed by atoms with van der Waals surface area (Å²) in [5, 5.41) is 3.78. The van der Waals surface area contributed by atoms with E-state index in [4.69, 9.17) is 34.3 Å². The van der Waals surface area contributed by atoms with Crippen LogP contribution in [-0.2, 0) is 0 Å². The van der Waals surface area contributed by atoms with E-state index in [0.717, 1.165) is 27.2 Å². The third kappa shape index (κ3) is 3.42. The minimum Gasteiger partial charge on any atom is -0.497 e. The van der Waals surface area contributed by atoms with Gasteiger partial charge in [-0.25, -0.2) is 0 Å². The van der Waals surface area contributed by atoms with E-state index in [1.807, 2.05) is 30.3 Å². The number of anilines is 2. The third-order valence-corrected chi connectivity index (χ3v) is 3.94. The van der Waals surface area contributed by atoms with Gasteiger partial charge in [0.1, 0.15) is 10.7 Å². The van der Waals surface area contributed by atoms with E-state index in [0.29, 0.717) is 10.0 Å². The van der Waals surface area contributed by atoms with E-state index in [2.05, 4.69) is 21.2 Å². The zero-order valence-electron chi connectivity index (χ0n) is 10.6. The van der Waals surface area contributed by atoms with Gasteiger partial charge < -0.3 is 15.8 Å². The van der Waals surface area contributed by atoms with Crippen molar-refractivity contribution in [1.29, 1.82) is 0 Å². The number of nitrogens with one attached hydrogen (secondary N) is 1. The van der Waals surface area contributed by atoms with E-state index >= 15 is 0 Å². The van der Waals surface area contributed by atoms with Crippen molar-refractivity contribution in [3.05, 3.63) is 51.5 Å². The van der Waals surface area contributed by atoms with Crippen molar-refractivity contribution in [1.82, 2.24) is 0 Å². The molecule has 0 aromatic heterocycles. The van der Waals surface area contributed by atoms with E-state index in [9.17, 15) is 0 Å². The molecule has 2 aromatic rings. The molecular weight excluding hydrogens is 360 g/mol. The number of halogens is 2. The molecule has 0 atom stereocenters. The van der Waals surface area contributed by atoms with Crippen LogP contribution in [0.4, 0.5) is 11.4 Å². The van der Waals surface area contributed by atoms with E-state index in [1.54, 1.807) is 13.2 Å². The Kier molecular flexibility index (Phi) is 4.86. The topological polar surface area (TPSA) is 47.3 Å². The van der Waals surface area contributed by atoms with Crippen LogP contribution < -0.4 is 15.8 Å². The first-order valence-corrected chi connectivity index (χ1v) is 7.29. The van der Waals surface area contributed by atoms with Gasteiger partial charge in [0.25, 0.3) is 0 Å². The number of rotatable bonds is 4. The number of hydrogen-bond donors (Lipinski definition) is 2. The number of thiocarbonyl (C=S) groups is 1. The maximum absolute atomic E-state index is 6.23. The second-order valence-corrected chi connectivity index (χ2v) is 5.73. The summed E-state index contributed by atoms with van der Waals surface area (Å²) in [5.41, 5.74) is 7.93. The van der Waals surface area contributed by atoms with Crippen LogP contribution in [0.15, 0.2) is 40.9 Å². The van der Waals surface area contributed by atoms with Gasteiger partial charge in [-0.15, -0.1) is 0 Å². The molecule has 0 amide bonds. The van der Waals surface area contributed by atoms with Crippen LogP contribution in [-0.4, -0.2) is 12.1 Å². The van der Waals surface area contributed by atoms with E-state index < -0.39 is 0 Å². The molecule has 2 rings (SSSR count). The first kappa shape index (κ1) is 15.1. The Hall–Kier alpha value is -1.30. The number of methoxy groups -OCH3 is 1. The quantitative estimate of drug-likeness (QED) is 0.777. The molecule has 0 bridgehead atoms. The Morgan fingerprint density at radius 1 is 1.25 bits per heavy atom. The third-order valence-electron chi connectivity index (χ3n) is 2.70. The average Bonchev–Trinajstić information content (AvgIpc) is 2.43. The summed E-state index contributed by atoms with van der Waals surface area (Å²) in [4.78, 5) is 0.320. The van der Waals surface area contributed by atoms with Gasteiger partial charge >= 0.3 is 0 Å². The van der Waals surface area contributed by atoms with E-state index in [1.165, 1.54) is 0 Å². The molecule has 104 valence electrons. The number of benzene rings is 2. The van der Waals surface area contributed by atoms with Crippen molar-refractivity contribution in [3.63, 3.8) is 0 Å². The van der Waals surface area contributed by atoms with E-state index in [-0.39, 0.29) is 0 Å². The lowest BCUT2D eigenvalue weighted by Crippen LogP contribution is -2.09. The molecule has 3 nitrogen and oxygen atoms in total. The summed E-state index contributed by atoms with van der Waals surface area (Å²) in [6.45, 7) is 0. The first-order chi connectivity index (χ1) is 9.51. The van der Waals surface area contributed by atoms with Gasteiger partial charge in [-0.1, -0.05) is 23.8 Å². The lowest BCUT2D eigenvalue weighted by atomic mass is 10.2. The van der Waals surface area contributed by atoms with Gasteiger partial charge in [0.05, 0.1) is 23.5 Å². The largest absolute Gasteiger partial charge is 0.497 e. The lowest BCUT2D eigenvalue weighted by molar-refractivity contribution is 0.415. The summed E-state index contributed by atoms with van der Waals surface area (Å²) in [6, 6.07) is 11.0. The Morgan fingerprint density at radius 2 is 2.00 bits per heavy atom. The highest BCUT2D eigenvalue weighted by molar-refractivity contribution is 9.10. The van der Waals surface area contributed by atoms with Crippen LogP contribution in [0, 0.1) is 0 Å². The van der Waals surface area contributed by atoms with Crippen LogP contribution in [0.2, 0.25) is 5.02 Å². The second-order valence-electron chi connectivity index (χ2n) is 4.03. The van der Waals surface area contributed by atoms with Gasteiger partial charge in [-0.3, -0.25) is 0 Å². The predicted molar refractivity (Wildman–Crippen MR) is 91.3 cm³/mol. The Balaban J connectivity index is 2.32. The van der Waals surface area contributed by atoms with Crippen molar-refractivity contribution in [3.8, 4) is 5.75 Å². The van der Waals surface area contributed by atoms with Crippen molar-refractivity contribution in [2.45, 2.75) is 0 Å². The highest BCUT2D eigenvalue weighted by Crippen LogP contribution is 2.32. The highest BCUT2D eigenvalue weighted by Gasteiger charge is 2.07. The first-order valence-electron chi connectivity index (χ1n) is 5.71. The lowest BCUT2D eigenvalue weighted by Gasteiger charge is -2.12.